The zero-order valence-electron chi connectivity index (χ0n) is 19.1. The lowest BCUT2D eigenvalue weighted by Crippen LogP contribution is -2.29. The smallest absolute Gasteiger partial charge is 0.253 e. The summed E-state index contributed by atoms with van der Waals surface area (Å²) in [6, 6.07) is 4.88. The van der Waals surface area contributed by atoms with Crippen LogP contribution in [0.15, 0.2) is 54.2 Å². The van der Waals surface area contributed by atoms with Crippen LogP contribution in [0, 0.1) is 5.92 Å². The third-order valence-corrected chi connectivity index (χ3v) is 5.95. The molecule has 0 radical (unpaired) electrons. The number of allylic oxidation sites excluding steroid dienone is 6. The van der Waals surface area contributed by atoms with Crippen LogP contribution in [0.1, 0.15) is 46.6 Å². The molecule has 1 aromatic carbocycles. The second-order valence-corrected chi connectivity index (χ2v) is 9.39. The Labute approximate surface area is 186 Å². The second kappa shape index (κ2) is 12.2. The van der Waals surface area contributed by atoms with Gasteiger partial charge in [-0.2, -0.15) is 0 Å². The van der Waals surface area contributed by atoms with E-state index in [0.717, 1.165) is 5.56 Å². The van der Waals surface area contributed by atoms with E-state index in [9.17, 15) is 18.9 Å². The molecule has 2 atom stereocenters. The van der Waals surface area contributed by atoms with Crippen molar-refractivity contribution in [1.82, 2.24) is 4.72 Å². The van der Waals surface area contributed by atoms with Crippen molar-refractivity contribution in [2.75, 3.05) is 10.8 Å². The predicted molar refractivity (Wildman–Crippen MR) is 130 cm³/mol. The number of carbonyl (C=O) groups is 2. The summed E-state index contributed by atoms with van der Waals surface area (Å²) in [5.41, 5.74) is 1.70. The third-order valence-electron chi connectivity index (χ3n) is 4.36. The van der Waals surface area contributed by atoms with Crippen molar-refractivity contribution in [3.63, 3.8) is 0 Å². The summed E-state index contributed by atoms with van der Waals surface area (Å²) >= 11 is 0. The number of rotatable bonds is 7. The van der Waals surface area contributed by atoms with Crippen molar-refractivity contribution in [2.24, 2.45) is 5.92 Å². The zero-order chi connectivity index (χ0) is 23.6. The molecule has 1 aliphatic rings. The minimum Gasteiger partial charge on any atom is -0.506 e. The van der Waals surface area contributed by atoms with Crippen LogP contribution in [0.5, 0.6) is 5.75 Å². The van der Waals surface area contributed by atoms with E-state index >= 15 is 0 Å². The summed E-state index contributed by atoms with van der Waals surface area (Å²) in [4.78, 5) is 24.0. The molecule has 0 spiro atoms. The summed E-state index contributed by atoms with van der Waals surface area (Å²) < 4.78 is 15.9. The molecule has 1 aliphatic heterocycles. The number of phenolic OH excluding ortho intramolecular Hbond substituents is 1. The first-order chi connectivity index (χ1) is 14.6. The Morgan fingerprint density at radius 2 is 1.97 bits per heavy atom. The van der Waals surface area contributed by atoms with Crippen LogP contribution in [0.3, 0.4) is 0 Å². The highest BCUT2D eigenvalue weighted by Gasteiger charge is 2.30. The molecule has 6 nitrogen and oxygen atoms in total. The van der Waals surface area contributed by atoms with Crippen molar-refractivity contribution < 1.29 is 18.9 Å². The molecule has 2 rings (SSSR count). The Balaban J connectivity index is 0.00000151. The maximum atomic E-state index is 12.5. The normalized spacial score (nSPS) is 20.0. The molecular weight excluding hydrogens is 412 g/mol. The number of hydrogen-bond donors (Lipinski definition) is 2. The monoisotopic (exact) mass is 446 g/mol. The zero-order valence-corrected chi connectivity index (χ0v) is 19.9. The Bertz CT molecular complexity index is 975. The molecule has 1 amide bonds. The van der Waals surface area contributed by atoms with Crippen molar-refractivity contribution in [1.29, 1.82) is 0 Å². The van der Waals surface area contributed by atoms with Crippen LogP contribution in [-0.4, -0.2) is 33.4 Å². The van der Waals surface area contributed by atoms with Crippen LogP contribution in [0.2, 0.25) is 0 Å². The summed E-state index contributed by atoms with van der Waals surface area (Å²) in [6.07, 6.45) is 10.9. The first-order valence-corrected chi connectivity index (χ1v) is 12.0. The molecule has 2 N–H and O–H groups in total. The highest BCUT2D eigenvalue weighted by atomic mass is 32.2. The largest absolute Gasteiger partial charge is 0.506 e. The lowest BCUT2D eigenvalue weighted by atomic mass is 9.93. The summed E-state index contributed by atoms with van der Waals surface area (Å²) in [6.45, 7) is 9.66. The van der Waals surface area contributed by atoms with Gasteiger partial charge in [-0.25, -0.2) is 4.21 Å². The summed E-state index contributed by atoms with van der Waals surface area (Å²) in [7, 11) is -2.98. The van der Waals surface area contributed by atoms with Crippen molar-refractivity contribution in [3.05, 3.63) is 59.7 Å². The number of aromatic hydroxyl groups is 1. The van der Waals surface area contributed by atoms with Crippen molar-refractivity contribution in [3.8, 4) is 5.75 Å². The van der Waals surface area contributed by atoms with Gasteiger partial charge >= 0.3 is 0 Å². The van der Waals surface area contributed by atoms with Gasteiger partial charge < -0.3 is 5.11 Å². The number of anilines is 1. The van der Waals surface area contributed by atoms with Gasteiger partial charge in [-0.3, -0.25) is 18.6 Å². The van der Waals surface area contributed by atoms with E-state index in [4.69, 9.17) is 0 Å². The maximum absolute atomic E-state index is 12.5. The van der Waals surface area contributed by atoms with Crippen LogP contribution in [0.25, 0.3) is 0 Å². The molecule has 0 aromatic heterocycles. The van der Waals surface area contributed by atoms with Gasteiger partial charge in [0.1, 0.15) is 22.2 Å². The Morgan fingerprint density at radius 1 is 1.32 bits per heavy atom. The number of ketones is 1. The predicted octanol–water partition coefficient (Wildman–Crippen LogP) is 4.12. The van der Waals surface area contributed by atoms with Gasteiger partial charge in [0.2, 0.25) is 0 Å². The lowest BCUT2D eigenvalue weighted by molar-refractivity contribution is -0.119. The number of Topliss-reactive ketones (excluding diaryl/α,β-unsaturated/α-hetero) is 1. The average Bonchev–Trinajstić information content (AvgIpc) is 2.97. The van der Waals surface area contributed by atoms with E-state index < -0.39 is 15.8 Å². The Hall–Kier alpha value is -2.80. The fraction of sp³-hybridized carbons (Fsp3) is 0.375. The van der Waals surface area contributed by atoms with E-state index in [0.29, 0.717) is 12.0 Å². The Kier molecular flexibility index (Phi) is 10.3. The van der Waals surface area contributed by atoms with Gasteiger partial charge in [-0.1, -0.05) is 63.6 Å². The molecular formula is C24H34N2O4S. The van der Waals surface area contributed by atoms with E-state index in [2.05, 4.69) is 24.4 Å². The van der Waals surface area contributed by atoms with E-state index in [-0.39, 0.29) is 29.7 Å². The van der Waals surface area contributed by atoms with Gasteiger partial charge in [0.05, 0.1) is 5.69 Å². The molecule has 2 unspecified atom stereocenters. The van der Waals surface area contributed by atoms with Crippen LogP contribution in [-0.2, 0) is 25.9 Å². The van der Waals surface area contributed by atoms with Crippen LogP contribution >= 0.6 is 0 Å². The van der Waals surface area contributed by atoms with E-state index in [1.165, 1.54) is 16.8 Å². The molecule has 1 fully saturated rings. The highest BCUT2D eigenvalue weighted by molar-refractivity contribution is 8.00. The molecule has 1 saturated heterocycles. The number of hydrogen-bond acceptors (Lipinski definition) is 4. The molecule has 31 heavy (non-hydrogen) atoms. The summed E-state index contributed by atoms with van der Waals surface area (Å²) in [5, 5.41) is 10.4. The number of amides is 1. The number of nitrogens with zero attached hydrogens (tertiary/aromatic N) is 1. The van der Waals surface area contributed by atoms with Crippen molar-refractivity contribution >= 4 is 33.1 Å². The van der Waals surface area contributed by atoms with Gasteiger partial charge in [0.15, 0.2) is 5.78 Å². The maximum Gasteiger partial charge on any atom is 0.253 e. The first kappa shape index (κ1) is 26.2. The molecule has 1 heterocycles. The topological polar surface area (TPSA) is 86.7 Å². The fourth-order valence-electron chi connectivity index (χ4n) is 2.94. The average molecular weight is 447 g/mol. The van der Waals surface area contributed by atoms with Gasteiger partial charge in [0, 0.05) is 5.92 Å². The van der Waals surface area contributed by atoms with Gasteiger partial charge in [-0.15, -0.1) is 0 Å². The molecule has 0 aliphatic carbocycles. The SMILES string of the molecule is C=S1(=O)NC(=O)CN1c1ccc(CC(C)C(=O)/C(C)=C/C=C\C=C/C)cc1O.CCC. The van der Waals surface area contributed by atoms with Crippen LogP contribution < -0.4 is 9.03 Å². The van der Waals surface area contributed by atoms with E-state index in [1.54, 1.807) is 25.1 Å². The minimum atomic E-state index is -2.98. The molecule has 0 saturated carbocycles. The third kappa shape index (κ3) is 7.75. The standard InChI is InChI=1S/C21H26N2O4S.C3H8/c1-5-6-7-8-9-15(2)21(26)16(3)12-17-10-11-18(19(24)13-17)23-14-20(25)22-28(23,4)27;1-3-2/h5-11,13,16,24H,4,12,14H2,1-3H3,(H,22,25,27);3H2,1-2H3/b6-5-,8-7-,15-9+;. The molecule has 170 valence electrons. The second-order valence-electron chi connectivity index (χ2n) is 7.46. The highest BCUT2D eigenvalue weighted by Crippen LogP contribution is 2.32. The van der Waals surface area contributed by atoms with Gasteiger partial charge in [-0.05, 0) is 49.4 Å². The van der Waals surface area contributed by atoms with Gasteiger partial charge in [0.25, 0.3) is 5.91 Å². The number of carbonyl (C=O) groups excluding carboxylic acids is 2. The number of nitrogens with one attached hydrogen (secondary N) is 1. The van der Waals surface area contributed by atoms with E-state index in [1.807, 2.05) is 38.2 Å². The molecule has 0 bridgehead atoms. The lowest BCUT2D eigenvalue weighted by Gasteiger charge is -2.20. The minimum absolute atomic E-state index is 0.0313. The quantitative estimate of drug-likeness (QED) is 0.375. The Morgan fingerprint density at radius 3 is 2.48 bits per heavy atom. The molecule has 1 aromatic rings. The summed E-state index contributed by atoms with van der Waals surface area (Å²) in [5.74, 6) is 2.78. The number of phenols is 1. The fourth-order valence-corrected chi connectivity index (χ4v) is 4.27. The molecule has 7 heteroatoms. The van der Waals surface area contributed by atoms with Crippen LogP contribution in [0.4, 0.5) is 5.69 Å². The first-order valence-electron chi connectivity index (χ1n) is 10.3. The number of benzene rings is 1. The van der Waals surface area contributed by atoms with Crippen molar-refractivity contribution in [2.45, 2.75) is 47.5 Å².